The highest BCUT2D eigenvalue weighted by Gasteiger charge is 2.50. The molecule has 0 radical (unpaired) electrons. The standard InChI is InChI=1S/C26H37FN4O3/c27-19-14-25(9-7-13-31(25)16-19)18-33-24-28-21-15-26(10-4-3-8-22(26)32)34-17-20(21)23(29-24)30-11-5-1-2-6-12-30/h19H,1-18H2/t19-,25+,26?/m1/s1. The van der Waals surface area contributed by atoms with Gasteiger partial charge in [-0.3, -0.25) is 9.69 Å². The smallest absolute Gasteiger partial charge is 0.318 e. The minimum Gasteiger partial charge on any atom is -0.461 e. The molecule has 1 unspecified atom stereocenters. The molecule has 3 saturated heterocycles. The monoisotopic (exact) mass is 472 g/mol. The van der Waals surface area contributed by atoms with Crippen molar-refractivity contribution in [2.45, 2.75) is 101 Å². The van der Waals surface area contributed by atoms with Crippen molar-refractivity contribution in [3.63, 3.8) is 0 Å². The van der Waals surface area contributed by atoms with Crippen LogP contribution in [0.1, 0.15) is 81.9 Å². The zero-order valence-corrected chi connectivity index (χ0v) is 20.2. The Morgan fingerprint density at radius 3 is 2.71 bits per heavy atom. The number of halogens is 1. The summed E-state index contributed by atoms with van der Waals surface area (Å²) in [6.45, 7) is 4.19. The number of hydrogen-bond donors (Lipinski definition) is 0. The van der Waals surface area contributed by atoms with Crippen LogP contribution in [0, 0.1) is 0 Å². The van der Waals surface area contributed by atoms with Gasteiger partial charge in [0.25, 0.3) is 0 Å². The Balaban J connectivity index is 1.31. The summed E-state index contributed by atoms with van der Waals surface area (Å²) in [7, 11) is 0. The van der Waals surface area contributed by atoms with Gasteiger partial charge in [-0.05, 0) is 51.5 Å². The second-order valence-corrected chi connectivity index (χ2v) is 11.1. The molecule has 6 rings (SSSR count). The van der Waals surface area contributed by atoms with E-state index < -0.39 is 11.8 Å². The van der Waals surface area contributed by atoms with Crippen molar-refractivity contribution in [1.82, 2.24) is 14.9 Å². The zero-order chi connectivity index (χ0) is 23.2. The van der Waals surface area contributed by atoms with E-state index in [0.29, 0.717) is 45.0 Å². The number of ketones is 1. The van der Waals surface area contributed by atoms with Gasteiger partial charge in [0.1, 0.15) is 24.2 Å². The fourth-order valence-corrected chi connectivity index (χ4v) is 6.98. The number of carbonyl (C=O) groups excluding carboxylic acids is 1. The molecular weight excluding hydrogens is 435 g/mol. The topological polar surface area (TPSA) is 67.8 Å². The number of hydrogen-bond acceptors (Lipinski definition) is 7. The number of fused-ring (bicyclic) bond motifs is 2. The van der Waals surface area contributed by atoms with Crippen LogP contribution in [0.15, 0.2) is 0 Å². The lowest BCUT2D eigenvalue weighted by Crippen LogP contribution is -2.48. The minimum absolute atomic E-state index is 0.210. The number of ether oxygens (including phenoxy) is 2. The first kappa shape index (κ1) is 22.7. The molecule has 1 aliphatic carbocycles. The van der Waals surface area contributed by atoms with Gasteiger partial charge < -0.3 is 14.4 Å². The summed E-state index contributed by atoms with van der Waals surface area (Å²) in [6, 6.07) is 0.377. The van der Waals surface area contributed by atoms with Gasteiger partial charge in [-0.2, -0.15) is 9.97 Å². The second kappa shape index (κ2) is 9.01. The Hall–Kier alpha value is -1.80. The largest absolute Gasteiger partial charge is 0.461 e. The van der Waals surface area contributed by atoms with Crippen molar-refractivity contribution in [3.05, 3.63) is 11.3 Å². The Morgan fingerprint density at radius 2 is 1.88 bits per heavy atom. The molecule has 4 aliphatic heterocycles. The molecule has 34 heavy (non-hydrogen) atoms. The Kier molecular flexibility index (Phi) is 6.00. The molecule has 0 aromatic carbocycles. The van der Waals surface area contributed by atoms with Gasteiger partial charge in [0.05, 0.1) is 17.8 Å². The number of anilines is 1. The molecule has 186 valence electrons. The van der Waals surface area contributed by atoms with E-state index in [9.17, 15) is 9.18 Å². The van der Waals surface area contributed by atoms with Crippen LogP contribution in [-0.4, -0.2) is 70.7 Å². The van der Waals surface area contributed by atoms with Crippen LogP contribution < -0.4 is 9.64 Å². The molecule has 1 aromatic heterocycles. The van der Waals surface area contributed by atoms with Crippen molar-refractivity contribution in [1.29, 1.82) is 0 Å². The van der Waals surface area contributed by atoms with Gasteiger partial charge in [0.15, 0.2) is 5.78 Å². The normalized spacial score (nSPS) is 34.2. The number of aromatic nitrogens is 2. The van der Waals surface area contributed by atoms with Crippen LogP contribution in [0.25, 0.3) is 0 Å². The SMILES string of the molecule is O=C1CCCCC12Cc1nc(OC[C@@]34CCCN3C[C@H](F)C4)nc(N3CCCCCC3)c1CO2. The molecule has 4 fully saturated rings. The highest BCUT2D eigenvalue weighted by molar-refractivity contribution is 5.88. The van der Waals surface area contributed by atoms with E-state index in [0.717, 1.165) is 81.7 Å². The van der Waals surface area contributed by atoms with E-state index in [1.54, 1.807) is 0 Å². The van der Waals surface area contributed by atoms with E-state index >= 15 is 0 Å². The average molecular weight is 473 g/mol. The molecule has 0 N–H and O–H groups in total. The summed E-state index contributed by atoms with van der Waals surface area (Å²) >= 11 is 0. The summed E-state index contributed by atoms with van der Waals surface area (Å²) in [5, 5.41) is 0. The second-order valence-electron chi connectivity index (χ2n) is 11.1. The van der Waals surface area contributed by atoms with E-state index in [1.807, 2.05) is 0 Å². The van der Waals surface area contributed by atoms with Crippen molar-refractivity contribution in [2.24, 2.45) is 0 Å². The first-order chi connectivity index (χ1) is 16.6. The van der Waals surface area contributed by atoms with Gasteiger partial charge in [0.2, 0.25) is 0 Å². The number of rotatable bonds is 4. The van der Waals surface area contributed by atoms with Gasteiger partial charge in [-0.1, -0.05) is 12.8 Å². The van der Waals surface area contributed by atoms with E-state index in [-0.39, 0.29) is 11.3 Å². The van der Waals surface area contributed by atoms with Crippen LogP contribution in [0.4, 0.5) is 10.2 Å². The molecule has 1 saturated carbocycles. The maximum atomic E-state index is 14.2. The summed E-state index contributed by atoms with van der Waals surface area (Å²) in [5.41, 5.74) is 0.955. The van der Waals surface area contributed by atoms with Crippen LogP contribution in [-0.2, 0) is 22.6 Å². The number of nitrogens with zero attached hydrogens (tertiary/aromatic N) is 4. The number of carbonyl (C=O) groups is 1. The van der Waals surface area contributed by atoms with E-state index in [1.165, 1.54) is 12.8 Å². The molecule has 1 spiro atoms. The third-order valence-electron chi connectivity index (χ3n) is 8.88. The predicted octanol–water partition coefficient (Wildman–Crippen LogP) is 3.77. The van der Waals surface area contributed by atoms with Crippen LogP contribution in [0.5, 0.6) is 6.01 Å². The maximum absolute atomic E-state index is 14.2. The highest BCUT2D eigenvalue weighted by atomic mass is 19.1. The molecule has 0 bridgehead atoms. The lowest BCUT2D eigenvalue weighted by molar-refractivity contribution is -0.154. The Labute approximate surface area is 201 Å². The molecule has 7 nitrogen and oxygen atoms in total. The lowest BCUT2D eigenvalue weighted by Gasteiger charge is -2.40. The van der Waals surface area contributed by atoms with Crippen LogP contribution >= 0.6 is 0 Å². The first-order valence-electron chi connectivity index (χ1n) is 13.4. The highest BCUT2D eigenvalue weighted by Crippen LogP contribution is 2.42. The number of Topliss-reactive ketones (excluding diaryl/α,β-unsaturated/α-hetero) is 1. The van der Waals surface area contributed by atoms with Gasteiger partial charge in [0, 0.05) is 44.5 Å². The lowest BCUT2D eigenvalue weighted by atomic mass is 9.78. The Bertz CT molecular complexity index is 937. The Morgan fingerprint density at radius 1 is 1.03 bits per heavy atom. The van der Waals surface area contributed by atoms with Crippen molar-refractivity contribution >= 4 is 11.6 Å². The van der Waals surface area contributed by atoms with Crippen molar-refractivity contribution < 1.29 is 18.7 Å². The van der Waals surface area contributed by atoms with Gasteiger partial charge >= 0.3 is 6.01 Å². The maximum Gasteiger partial charge on any atom is 0.318 e. The van der Waals surface area contributed by atoms with E-state index in [4.69, 9.17) is 19.4 Å². The predicted molar refractivity (Wildman–Crippen MR) is 126 cm³/mol. The first-order valence-corrected chi connectivity index (χ1v) is 13.4. The zero-order valence-electron chi connectivity index (χ0n) is 20.2. The van der Waals surface area contributed by atoms with Crippen LogP contribution in [0.3, 0.4) is 0 Å². The molecule has 3 atom stereocenters. The quantitative estimate of drug-likeness (QED) is 0.661. The fraction of sp³-hybridized carbons (Fsp3) is 0.808. The molecule has 5 aliphatic rings. The molecular formula is C26H37FN4O3. The third kappa shape index (κ3) is 4.00. The summed E-state index contributed by atoms with van der Waals surface area (Å²) in [6.07, 6.45) is 10.4. The summed E-state index contributed by atoms with van der Waals surface area (Å²) in [5.74, 6) is 1.12. The summed E-state index contributed by atoms with van der Waals surface area (Å²) < 4.78 is 26.8. The fourth-order valence-electron chi connectivity index (χ4n) is 6.98. The van der Waals surface area contributed by atoms with Gasteiger partial charge in [-0.15, -0.1) is 0 Å². The molecule has 1 aromatic rings. The molecule has 0 amide bonds. The average Bonchev–Trinajstić information content (AvgIpc) is 3.21. The molecule has 5 heterocycles. The van der Waals surface area contributed by atoms with Crippen LogP contribution in [0.2, 0.25) is 0 Å². The van der Waals surface area contributed by atoms with E-state index in [2.05, 4.69) is 9.80 Å². The van der Waals surface area contributed by atoms with Gasteiger partial charge in [-0.25, -0.2) is 4.39 Å². The summed E-state index contributed by atoms with van der Waals surface area (Å²) in [4.78, 5) is 27.3. The number of alkyl halides is 1. The van der Waals surface area contributed by atoms with Crippen molar-refractivity contribution in [2.75, 3.05) is 37.7 Å². The minimum atomic E-state index is -0.782. The van der Waals surface area contributed by atoms with Crippen molar-refractivity contribution in [3.8, 4) is 6.01 Å². The molecule has 8 heteroatoms. The third-order valence-corrected chi connectivity index (χ3v) is 8.88.